The van der Waals surface area contributed by atoms with E-state index in [0.717, 1.165) is 12.1 Å². The lowest BCUT2D eigenvalue weighted by molar-refractivity contribution is -0.143. The van der Waals surface area contributed by atoms with Gasteiger partial charge in [-0.2, -0.15) is 34.8 Å². The molecule has 0 unspecified atom stereocenters. The first-order valence-corrected chi connectivity index (χ1v) is 9.33. The van der Waals surface area contributed by atoms with E-state index >= 15 is 0 Å². The Morgan fingerprint density at radius 3 is 2.00 bits per heavy atom. The molecular formula is C17H11F6NO4S. The fourth-order valence-corrected chi connectivity index (χ4v) is 3.63. The van der Waals surface area contributed by atoms with Gasteiger partial charge in [0.05, 0.1) is 11.1 Å². The number of benzene rings is 2. The first kappa shape index (κ1) is 21.0. The van der Waals surface area contributed by atoms with Crippen molar-refractivity contribution in [3.8, 4) is 5.75 Å². The molecule has 5 nitrogen and oxygen atoms in total. The maximum absolute atomic E-state index is 12.9. The maximum Gasteiger partial charge on any atom is 0.416 e. The third-order valence-corrected chi connectivity index (χ3v) is 5.27. The lowest BCUT2D eigenvalue weighted by Crippen LogP contribution is -2.20. The van der Waals surface area contributed by atoms with Crippen molar-refractivity contribution in [3.63, 3.8) is 0 Å². The molecule has 0 bridgehead atoms. The summed E-state index contributed by atoms with van der Waals surface area (Å²) in [5.41, 5.74) is -2.61. The SMILES string of the molecule is O=C1CCc2cc(S(=O)(=O)Oc3cc(C(F)(F)F)cc(C(F)(F)F)c3)ccc2N1. The van der Waals surface area contributed by atoms with Crippen LogP contribution in [0.3, 0.4) is 0 Å². The van der Waals surface area contributed by atoms with Crippen molar-refractivity contribution in [1.29, 1.82) is 0 Å². The molecule has 1 N–H and O–H groups in total. The lowest BCUT2D eigenvalue weighted by Gasteiger charge is -2.18. The van der Waals surface area contributed by atoms with Crippen LogP contribution in [0.25, 0.3) is 0 Å². The standard InChI is InChI=1S/C17H11F6NO4S/c18-16(19,20)10-6-11(17(21,22)23)8-12(7-10)28-29(26,27)13-2-3-14-9(5-13)1-4-15(25)24-14/h2-3,5-8H,1,4H2,(H,24,25). The highest BCUT2D eigenvalue weighted by molar-refractivity contribution is 7.87. The van der Waals surface area contributed by atoms with Crippen LogP contribution in [-0.4, -0.2) is 14.3 Å². The van der Waals surface area contributed by atoms with Crippen LogP contribution in [0, 0.1) is 0 Å². The van der Waals surface area contributed by atoms with E-state index in [1.165, 1.54) is 6.07 Å². The molecule has 1 aliphatic rings. The molecule has 0 aromatic heterocycles. The predicted octanol–water partition coefficient (Wildman–Crippen LogP) is 4.38. The minimum absolute atomic E-state index is 0.0972. The molecule has 1 aliphatic heterocycles. The normalized spacial score (nSPS) is 14.9. The summed E-state index contributed by atoms with van der Waals surface area (Å²) in [5, 5.41) is 2.51. The molecule has 1 amide bonds. The van der Waals surface area contributed by atoms with Crippen LogP contribution in [0.4, 0.5) is 32.0 Å². The number of rotatable bonds is 3. The summed E-state index contributed by atoms with van der Waals surface area (Å²) in [6, 6.07) is 3.63. The summed E-state index contributed by atoms with van der Waals surface area (Å²) in [7, 11) is -4.73. The van der Waals surface area contributed by atoms with Crippen LogP contribution in [0.1, 0.15) is 23.1 Å². The average molecular weight is 439 g/mol. The number of carbonyl (C=O) groups is 1. The Balaban J connectivity index is 1.99. The zero-order valence-electron chi connectivity index (χ0n) is 14.2. The van der Waals surface area contributed by atoms with Gasteiger partial charge in [0.1, 0.15) is 10.6 Å². The molecule has 0 fully saturated rings. The zero-order valence-corrected chi connectivity index (χ0v) is 15.0. The van der Waals surface area contributed by atoms with E-state index in [0.29, 0.717) is 11.3 Å². The summed E-state index contributed by atoms with van der Waals surface area (Å²) in [4.78, 5) is 10.9. The molecule has 156 valence electrons. The van der Waals surface area contributed by atoms with Gasteiger partial charge in [0.25, 0.3) is 0 Å². The van der Waals surface area contributed by atoms with Crippen LogP contribution in [0.5, 0.6) is 5.75 Å². The number of hydrogen-bond donors (Lipinski definition) is 1. The fourth-order valence-electron chi connectivity index (χ4n) is 2.66. The third-order valence-electron chi connectivity index (χ3n) is 4.03. The number of amides is 1. The predicted molar refractivity (Wildman–Crippen MR) is 87.7 cm³/mol. The van der Waals surface area contributed by atoms with Crippen molar-refractivity contribution >= 4 is 21.7 Å². The van der Waals surface area contributed by atoms with Gasteiger partial charge in [0, 0.05) is 12.1 Å². The largest absolute Gasteiger partial charge is 0.416 e. The van der Waals surface area contributed by atoms with Gasteiger partial charge in [-0.25, -0.2) is 0 Å². The monoisotopic (exact) mass is 439 g/mol. The van der Waals surface area contributed by atoms with Gasteiger partial charge in [-0.15, -0.1) is 0 Å². The van der Waals surface area contributed by atoms with Crippen molar-refractivity contribution < 1.29 is 43.7 Å². The quantitative estimate of drug-likeness (QED) is 0.569. The molecular weight excluding hydrogens is 428 g/mol. The summed E-state index contributed by atoms with van der Waals surface area (Å²) in [6.45, 7) is 0. The van der Waals surface area contributed by atoms with Crippen molar-refractivity contribution in [1.82, 2.24) is 0 Å². The van der Waals surface area contributed by atoms with Crippen molar-refractivity contribution in [3.05, 3.63) is 53.1 Å². The van der Waals surface area contributed by atoms with Crippen molar-refractivity contribution in [2.24, 2.45) is 0 Å². The van der Waals surface area contributed by atoms with Gasteiger partial charge in [-0.3, -0.25) is 4.79 Å². The minimum Gasteiger partial charge on any atom is -0.379 e. The third kappa shape index (κ3) is 4.63. The number of aryl methyl sites for hydroxylation is 1. The lowest BCUT2D eigenvalue weighted by atomic mass is 10.0. The second-order valence-corrected chi connectivity index (χ2v) is 7.69. The Labute approximate surface area is 160 Å². The van der Waals surface area contributed by atoms with Crippen LogP contribution in [0.15, 0.2) is 41.3 Å². The van der Waals surface area contributed by atoms with Crippen LogP contribution in [0.2, 0.25) is 0 Å². The Hall–Kier alpha value is -2.76. The topological polar surface area (TPSA) is 72.5 Å². The van der Waals surface area contributed by atoms with E-state index in [-0.39, 0.29) is 36.9 Å². The fraction of sp³-hybridized carbons (Fsp3) is 0.235. The van der Waals surface area contributed by atoms with E-state index in [1.54, 1.807) is 0 Å². The van der Waals surface area contributed by atoms with Gasteiger partial charge in [-0.05, 0) is 48.4 Å². The molecule has 12 heteroatoms. The Kier molecular flexibility index (Phi) is 5.01. The van der Waals surface area contributed by atoms with Crippen LogP contribution < -0.4 is 9.50 Å². The number of nitrogens with one attached hydrogen (secondary N) is 1. The molecule has 1 heterocycles. The molecule has 29 heavy (non-hydrogen) atoms. The molecule has 0 atom stereocenters. The highest BCUT2D eigenvalue weighted by atomic mass is 32.2. The number of carbonyl (C=O) groups excluding carboxylic acids is 1. The van der Waals surface area contributed by atoms with E-state index < -0.39 is 44.2 Å². The summed E-state index contributed by atoms with van der Waals surface area (Å²) < 4.78 is 107. The molecule has 3 rings (SSSR count). The molecule has 0 spiro atoms. The zero-order chi connectivity index (χ0) is 21.6. The Morgan fingerprint density at radius 2 is 1.45 bits per heavy atom. The van der Waals surface area contributed by atoms with E-state index in [2.05, 4.69) is 9.50 Å². The highest BCUT2D eigenvalue weighted by Gasteiger charge is 2.37. The van der Waals surface area contributed by atoms with Gasteiger partial charge >= 0.3 is 22.5 Å². The van der Waals surface area contributed by atoms with Crippen LogP contribution in [-0.2, 0) is 33.7 Å². The second kappa shape index (κ2) is 6.94. The Morgan fingerprint density at radius 1 is 0.862 bits per heavy atom. The van der Waals surface area contributed by atoms with Crippen molar-refractivity contribution in [2.75, 3.05) is 5.32 Å². The number of alkyl halides is 6. The van der Waals surface area contributed by atoms with E-state index in [4.69, 9.17) is 0 Å². The molecule has 0 saturated heterocycles. The smallest absolute Gasteiger partial charge is 0.379 e. The summed E-state index contributed by atoms with van der Waals surface area (Å²) >= 11 is 0. The van der Waals surface area contributed by atoms with E-state index in [1.807, 2.05) is 0 Å². The maximum atomic E-state index is 12.9. The number of anilines is 1. The van der Waals surface area contributed by atoms with E-state index in [9.17, 15) is 39.6 Å². The number of fused-ring (bicyclic) bond motifs is 1. The highest BCUT2D eigenvalue weighted by Crippen LogP contribution is 2.39. The van der Waals surface area contributed by atoms with Gasteiger partial charge in [0.2, 0.25) is 5.91 Å². The van der Waals surface area contributed by atoms with Gasteiger partial charge < -0.3 is 9.50 Å². The molecule has 2 aromatic carbocycles. The molecule has 2 aromatic rings. The summed E-state index contributed by atoms with van der Waals surface area (Å²) in [5.74, 6) is -1.40. The van der Waals surface area contributed by atoms with Crippen molar-refractivity contribution in [2.45, 2.75) is 30.1 Å². The summed E-state index contributed by atoms with van der Waals surface area (Å²) in [6.07, 6.45) is -9.98. The first-order chi connectivity index (χ1) is 13.3. The molecule has 0 aliphatic carbocycles. The first-order valence-electron chi connectivity index (χ1n) is 7.92. The molecule has 0 saturated carbocycles. The number of hydrogen-bond acceptors (Lipinski definition) is 4. The average Bonchev–Trinajstić information content (AvgIpc) is 2.59. The van der Waals surface area contributed by atoms with Gasteiger partial charge in [-0.1, -0.05) is 0 Å². The minimum atomic E-state index is -5.15. The second-order valence-electron chi connectivity index (χ2n) is 6.15. The molecule has 0 radical (unpaired) electrons. The van der Waals surface area contributed by atoms with Gasteiger partial charge in [0.15, 0.2) is 0 Å². The Bertz CT molecular complexity index is 1040. The van der Waals surface area contributed by atoms with Crippen LogP contribution >= 0.6 is 0 Å². The number of halogens is 6.